The molecular weight excluding hydrogens is 703 g/mol. The molecule has 1 unspecified atom stereocenters. The van der Waals surface area contributed by atoms with Crippen molar-refractivity contribution in [2.45, 2.75) is 108 Å². The van der Waals surface area contributed by atoms with Crippen molar-refractivity contribution in [2.24, 2.45) is 4.99 Å². The molecule has 4 heterocycles. The van der Waals surface area contributed by atoms with Crippen molar-refractivity contribution in [1.82, 2.24) is 14.8 Å². The molecule has 10 nitrogen and oxygen atoms in total. The Bertz CT molecular complexity index is 2220. The van der Waals surface area contributed by atoms with Crippen molar-refractivity contribution >= 4 is 46.8 Å². The van der Waals surface area contributed by atoms with Crippen LogP contribution < -0.4 is 10.6 Å². The maximum Gasteiger partial charge on any atom is 0.252 e. The molecule has 0 spiro atoms. The van der Waals surface area contributed by atoms with E-state index in [2.05, 4.69) is 50.5 Å². The Labute approximate surface area is 328 Å². The van der Waals surface area contributed by atoms with Crippen LogP contribution in [0, 0.1) is 0 Å². The van der Waals surface area contributed by atoms with Gasteiger partial charge < -0.3 is 29.6 Å². The fourth-order valence-electron chi connectivity index (χ4n) is 9.89. The molecule has 2 saturated carbocycles. The molecule has 2 aliphatic carbocycles. The molecule has 10 heteroatoms. The fourth-order valence-corrected chi connectivity index (χ4v) is 9.89. The number of anilines is 1. The highest BCUT2D eigenvalue weighted by molar-refractivity contribution is 6.07. The molecule has 0 bridgehead atoms. The number of aliphatic imine (C=N–C) groups is 1. The van der Waals surface area contributed by atoms with Gasteiger partial charge in [-0.1, -0.05) is 74.6 Å². The molecule has 3 amide bonds. The highest BCUT2D eigenvalue weighted by atomic mass is 16.5. The summed E-state index contributed by atoms with van der Waals surface area (Å²) in [6.07, 6.45) is 12.2. The third-order valence-corrected chi connectivity index (χ3v) is 12.6. The van der Waals surface area contributed by atoms with Crippen LogP contribution in [0.2, 0.25) is 0 Å². The van der Waals surface area contributed by atoms with Crippen LogP contribution in [0.4, 0.5) is 5.69 Å². The number of benzene rings is 3. The summed E-state index contributed by atoms with van der Waals surface area (Å²) >= 11 is 0. The second kappa shape index (κ2) is 15.0. The Morgan fingerprint density at radius 3 is 2.36 bits per heavy atom. The molecule has 3 fully saturated rings. The average Bonchev–Trinajstić information content (AvgIpc) is 3.97. The van der Waals surface area contributed by atoms with Crippen LogP contribution in [0.3, 0.4) is 0 Å². The normalized spacial score (nSPS) is 23.1. The monoisotopic (exact) mass is 753 g/mol. The number of nitrogens with one attached hydrogen (secondary N) is 2. The van der Waals surface area contributed by atoms with Gasteiger partial charge in [0.25, 0.3) is 11.8 Å². The molecule has 3 atom stereocenters. The first-order valence-corrected chi connectivity index (χ1v) is 20.5. The van der Waals surface area contributed by atoms with Gasteiger partial charge >= 0.3 is 0 Å². The first-order valence-electron chi connectivity index (χ1n) is 20.5. The topological polar surface area (TPSA) is 114 Å². The number of rotatable bonds is 7. The summed E-state index contributed by atoms with van der Waals surface area (Å²) in [6, 6.07) is 22.1. The molecule has 9 rings (SSSR count). The van der Waals surface area contributed by atoms with E-state index in [1.807, 2.05) is 61.2 Å². The largest absolute Gasteiger partial charge is 0.481 e. The van der Waals surface area contributed by atoms with Crippen LogP contribution in [0.5, 0.6) is 0 Å². The SMILES string of the molecule is C[C@@H]1CN(C(=O)C2=Cc3ccccc3-c3c(C4CCCCC4)c4ccc(C(=O)NC5(C(=O)Nc6ccc(C7COC=N7)cc6)CCCC5)cc4n3C2)C[C@H](C)O1. The Balaban J connectivity index is 1.06. The van der Waals surface area contributed by atoms with E-state index in [0.29, 0.717) is 56.3 Å². The summed E-state index contributed by atoms with van der Waals surface area (Å²) in [5.74, 6) is -0.0702. The lowest BCUT2D eigenvalue weighted by Gasteiger charge is -2.35. The molecule has 0 radical (unpaired) electrons. The Hall–Kier alpha value is -5.22. The summed E-state index contributed by atoms with van der Waals surface area (Å²) < 4.78 is 13.6. The second-order valence-electron chi connectivity index (χ2n) is 16.6. The van der Waals surface area contributed by atoms with Gasteiger partial charge in [0, 0.05) is 46.4 Å². The predicted molar refractivity (Wildman–Crippen MR) is 219 cm³/mol. The first kappa shape index (κ1) is 36.4. The molecule has 290 valence electrons. The summed E-state index contributed by atoms with van der Waals surface area (Å²) in [7, 11) is 0. The number of hydrogen-bond acceptors (Lipinski definition) is 6. The zero-order valence-electron chi connectivity index (χ0n) is 32.4. The minimum absolute atomic E-state index is 0.0227. The second-order valence-corrected chi connectivity index (χ2v) is 16.6. The average molecular weight is 754 g/mol. The van der Waals surface area contributed by atoms with Gasteiger partial charge in [-0.3, -0.25) is 14.4 Å². The number of fused-ring (bicyclic) bond motifs is 5. The first-order chi connectivity index (χ1) is 27.3. The van der Waals surface area contributed by atoms with Crippen LogP contribution in [-0.4, -0.2) is 71.0 Å². The van der Waals surface area contributed by atoms with Crippen molar-refractivity contribution < 1.29 is 23.9 Å². The smallest absolute Gasteiger partial charge is 0.252 e. The van der Waals surface area contributed by atoms with Gasteiger partial charge in [0.2, 0.25) is 5.91 Å². The minimum atomic E-state index is -1.02. The number of ether oxygens (including phenoxy) is 2. The Morgan fingerprint density at radius 1 is 0.875 bits per heavy atom. The van der Waals surface area contributed by atoms with Gasteiger partial charge in [-0.25, -0.2) is 4.99 Å². The van der Waals surface area contributed by atoms with Crippen LogP contribution >= 0.6 is 0 Å². The van der Waals surface area contributed by atoms with E-state index in [1.54, 1.807) is 0 Å². The number of amides is 3. The number of carbonyl (C=O) groups is 3. The molecule has 56 heavy (non-hydrogen) atoms. The van der Waals surface area contributed by atoms with Crippen LogP contribution in [0.15, 0.2) is 77.3 Å². The van der Waals surface area contributed by atoms with E-state index in [9.17, 15) is 14.4 Å². The van der Waals surface area contributed by atoms with E-state index in [4.69, 9.17) is 9.47 Å². The zero-order chi connectivity index (χ0) is 38.4. The number of carbonyl (C=O) groups excluding carboxylic acids is 3. The van der Waals surface area contributed by atoms with Crippen LogP contribution in [0.25, 0.3) is 28.2 Å². The molecule has 1 aromatic heterocycles. The lowest BCUT2D eigenvalue weighted by molar-refractivity contribution is -0.139. The van der Waals surface area contributed by atoms with Crippen molar-refractivity contribution in [3.8, 4) is 11.3 Å². The van der Waals surface area contributed by atoms with Gasteiger partial charge in [0.05, 0.1) is 24.4 Å². The Kier molecular flexibility index (Phi) is 9.77. The highest BCUT2D eigenvalue weighted by Crippen LogP contribution is 2.47. The standard InChI is InChI=1S/C46H51N5O5/c1-29-24-50(25-30(2)56-29)44(53)35-22-33-12-6-7-13-37(33)42-41(32-10-4-3-5-11-32)38-19-16-34(23-40(38)51(42)26-35)43(52)49-46(20-8-9-21-46)45(54)48-36-17-14-31(15-18-36)39-27-55-28-47-39/h6-7,12-19,22-23,28-30,32,39H,3-5,8-11,20-21,24-27H2,1-2H3,(H,48,54)(H,49,52)/t29-,30+,39?. The van der Waals surface area contributed by atoms with E-state index >= 15 is 0 Å². The van der Waals surface area contributed by atoms with Crippen LogP contribution in [0.1, 0.15) is 111 Å². The molecule has 2 N–H and O–H groups in total. The number of hydrogen-bond donors (Lipinski definition) is 2. The van der Waals surface area contributed by atoms with Crippen LogP contribution in [-0.2, 0) is 25.6 Å². The predicted octanol–water partition coefficient (Wildman–Crippen LogP) is 8.17. The number of nitrogens with zero attached hydrogens (tertiary/aromatic N) is 3. The van der Waals surface area contributed by atoms with Gasteiger partial charge in [0.15, 0.2) is 6.40 Å². The van der Waals surface area contributed by atoms with Gasteiger partial charge in [0.1, 0.15) is 18.2 Å². The van der Waals surface area contributed by atoms with Gasteiger partial charge in [-0.15, -0.1) is 0 Å². The summed E-state index contributed by atoms with van der Waals surface area (Å²) in [5, 5.41) is 7.45. The minimum Gasteiger partial charge on any atom is -0.481 e. The van der Waals surface area contributed by atoms with Crippen molar-refractivity contribution in [2.75, 3.05) is 25.0 Å². The molecule has 3 aromatic carbocycles. The third kappa shape index (κ3) is 6.82. The van der Waals surface area contributed by atoms with Gasteiger partial charge in [-0.05, 0) is 92.5 Å². The van der Waals surface area contributed by atoms with E-state index in [1.165, 1.54) is 31.2 Å². The molecule has 1 saturated heterocycles. The highest BCUT2D eigenvalue weighted by Gasteiger charge is 2.43. The van der Waals surface area contributed by atoms with E-state index < -0.39 is 5.54 Å². The molecular formula is C46H51N5O5. The van der Waals surface area contributed by atoms with Crippen molar-refractivity contribution in [3.63, 3.8) is 0 Å². The Morgan fingerprint density at radius 2 is 1.62 bits per heavy atom. The summed E-state index contributed by atoms with van der Waals surface area (Å²) in [4.78, 5) is 49.1. The van der Waals surface area contributed by atoms with E-state index in [-0.39, 0.29) is 36.0 Å². The zero-order valence-corrected chi connectivity index (χ0v) is 32.4. The van der Waals surface area contributed by atoms with E-state index in [0.717, 1.165) is 64.5 Å². The molecule has 3 aliphatic heterocycles. The van der Waals surface area contributed by atoms with Crippen molar-refractivity contribution in [3.05, 3.63) is 94.6 Å². The molecule has 4 aromatic rings. The third-order valence-electron chi connectivity index (χ3n) is 12.6. The quantitative estimate of drug-likeness (QED) is 0.198. The summed E-state index contributed by atoms with van der Waals surface area (Å²) in [5.41, 5.74) is 7.44. The maximum absolute atomic E-state index is 14.4. The van der Waals surface area contributed by atoms with Crippen molar-refractivity contribution in [1.29, 1.82) is 0 Å². The van der Waals surface area contributed by atoms with Gasteiger partial charge in [-0.2, -0.15) is 0 Å². The fraction of sp³-hybridized carbons (Fsp3) is 0.435. The number of aromatic nitrogens is 1. The molecule has 5 aliphatic rings. The maximum atomic E-state index is 14.4. The number of morpholine rings is 1. The summed E-state index contributed by atoms with van der Waals surface area (Å²) in [6.45, 7) is 6.04. The lowest BCUT2D eigenvalue weighted by Crippen LogP contribution is -2.55. The lowest BCUT2D eigenvalue weighted by atomic mass is 9.81.